The number of nitrogens with zero attached hydrogens (tertiary/aromatic N) is 1. The molecule has 1 aromatic carbocycles. The molecule has 0 saturated carbocycles. The van der Waals surface area contributed by atoms with Crippen LogP contribution in [0.5, 0.6) is 5.75 Å². The van der Waals surface area contributed by atoms with Crippen LogP contribution in [0.2, 0.25) is 0 Å². The SMILES string of the molecule is CC(N)Cc1ccc(OCc2ccc3c(c2)CCC3)cn1. The molecule has 1 aromatic heterocycles. The van der Waals surface area contributed by atoms with Gasteiger partial charge in [-0.15, -0.1) is 0 Å². The van der Waals surface area contributed by atoms with Gasteiger partial charge in [-0.05, 0) is 55.0 Å². The Morgan fingerprint density at radius 1 is 1.19 bits per heavy atom. The number of pyridine rings is 1. The van der Waals surface area contributed by atoms with E-state index in [1.54, 1.807) is 6.20 Å². The smallest absolute Gasteiger partial charge is 0.138 e. The highest BCUT2D eigenvalue weighted by atomic mass is 16.5. The number of benzene rings is 1. The Morgan fingerprint density at radius 2 is 2.05 bits per heavy atom. The molecule has 1 aliphatic carbocycles. The molecule has 0 fully saturated rings. The number of nitrogens with two attached hydrogens (primary N) is 1. The van der Waals surface area contributed by atoms with Gasteiger partial charge in [-0.1, -0.05) is 18.2 Å². The largest absolute Gasteiger partial charge is 0.487 e. The van der Waals surface area contributed by atoms with E-state index in [1.165, 1.54) is 36.0 Å². The molecule has 1 aliphatic rings. The third kappa shape index (κ3) is 3.61. The predicted molar refractivity (Wildman–Crippen MR) is 84.4 cm³/mol. The molecule has 2 N–H and O–H groups in total. The highest BCUT2D eigenvalue weighted by Gasteiger charge is 2.10. The first-order chi connectivity index (χ1) is 10.2. The lowest BCUT2D eigenvalue weighted by Crippen LogP contribution is -2.18. The number of aryl methyl sites for hydroxylation is 2. The van der Waals surface area contributed by atoms with Gasteiger partial charge in [-0.3, -0.25) is 4.98 Å². The molecule has 0 radical (unpaired) electrons. The lowest BCUT2D eigenvalue weighted by atomic mass is 10.1. The first kappa shape index (κ1) is 14.1. The minimum absolute atomic E-state index is 0.135. The van der Waals surface area contributed by atoms with Crippen molar-refractivity contribution in [3.05, 3.63) is 58.9 Å². The van der Waals surface area contributed by atoms with E-state index in [4.69, 9.17) is 10.5 Å². The van der Waals surface area contributed by atoms with Crippen molar-refractivity contribution in [2.24, 2.45) is 5.73 Å². The zero-order chi connectivity index (χ0) is 14.7. The molecule has 110 valence electrons. The van der Waals surface area contributed by atoms with Crippen molar-refractivity contribution in [1.82, 2.24) is 4.98 Å². The second-order valence-electron chi connectivity index (χ2n) is 5.91. The van der Waals surface area contributed by atoms with Crippen LogP contribution in [0.4, 0.5) is 0 Å². The number of hydrogen-bond donors (Lipinski definition) is 1. The molecule has 0 aliphatic heterocycles. The summed E-state index contributed by atoms with van der Waals surface area (Å²) in [6.45, 7) is 2.58. The Hall–Kier alpha value is -1.87. The van der Waals surface area contributed by atoms with Crippen LogP contribution < -0.4 is 10.5 Å². The van der Waals surface area contributed by atoms with Crippen molar-refractivity contribution >= 4 is 0 Å². The van der Waals surface area contributed by atoms with Crippen LogP contribution in [0.3, 0.4) is 0 Å². The van der Waals surface area contributed by atoms with Gasteiger partial charge < -0.3 is 10.5 Å². The Morgan fingerprint density at radius 3 is 2.81 bits per heavy atom. The second kappa shape index (κ2) is 6.27. The van der Waals surface area contributed by atoms with Crippen LogP contribution in [0, 0.1) is 0 Å². The average molecular weight is 282 g/mol. The Kier molecular flexibility index (Phi) is 4.20. The van der Waals surface area contributed by atoms with Gasteiger partial charge in [-0.25, -0.2) is 0 Å². The highest BCUT2D eigenvalue weighted by molar-refractivity contribution is 5.35. The molecule has 1 heterocycles. The van der Waals surface area contributed by atoms with Crippen molar-refractivity contribution in [3.8, 4) is 5.75 Å². The topological polar surface area (TPSA) is 48.1 Å². The summed E-state index contributed by atoms with van der Waals surface area (Å²) in [5.74, 6) is 0.809. The summed E-state index contributed by atoms with van der Waals surface area (Å²) in [4.78, 5) is 4.38. The average Bonchev–Trinajstić information content (AvgIpc) is 2.93. The van der Waals surface area contributed by atoms with E-state index in [0.717, 1.165) is 17.9 Å². The maximum Gasteiger partial charge on any atom is 0.138 e. The second-order valence-corrected chi connectivity index (χ2v) is 5.91. The van der Waals surface area contributed by atoms with Crippen molar-refractivity contribution in [2.75, 3.05) is 0 Å². The fraction of sp³-hybridized carbons (Fsp3) is 0.389. The molecule has 3 heteroatoms. The predicted octanol–water partition coefficient (Wildman–Crippen LogP) is 3.04. The van der Waals surface area contributed by atoms with E-state index in [-0.39, 0.29) is 6.04 Å². The van der Waals surface area contributed by atoms with E-state index < -0.39 is 0 Å². The molecule has 0 saturated heterocycles. The van der Waals surface area contributed by atoms with Gasteiger partial charge >= 0.3 is 0 Å². The lowest BCUT2D eigenvalue weighted by molar-refractivity contribution is 0.304. The molecule has 0 bridgehead atoms. The van der Waals surface area contributed by atoms with Crippen molar-refractivity contribution in [1.29, 1.82) is 0 Å². The maximum absolute atomic E-state index is 5.82. The van der Waals surface area contributed by atoms with E-state index in [2.05, 4.69) is 23.2 Å². The van der Waals surface area contributed by atoms with Crippen molar-refractivity contribution in [3.63, 3.8) is 0 Å². The molecule has 1 unspecified atom stereocenters. The molecule has 3 nitrogen and oxygen atoms in total. The van der Waals surface area contributed by atoms with Crippen molar-refractivity contribution < 1.29 is 4.74 Å². The Balaban J connectivity index is 1.59. The monoisotopic (exact) mass is 282 g/mol. The van der Waals surface area contributed by atoms with E-state index >= 15 is 0 Å². The highest BCUT2D eigenvalue weighted by Crippen LogP contribution is 2.23. The minimum atomic E-state index is 0.135. The van der Waals surface area contributed by atoms with Crippen LogP contribution in [-0.2, 0) is 25.9 Å². The number of aromatic nitrogens is 1. The molecule has 2 aromatic rings. The van der Waals surface area contributed by atoms with Gasteiger partial charge in [0.05, 0.1) is 6.20 Å². The fourth-order valence-corrected chi connectivity index (χ4v) is 2.83. The number of fused-ring (bicyclic) bond motifs is 1. The minimum Gasteiger partial charge on any atom is -0.487 e. The molecule has 3 rings (SSSR count). The number of ether oxygens (including phenoxy) is 1. The zero-order valence-electron chi connectivity index (χ0n) is 12.5. The number of rotatable bonds is 5. The van der Waals surface area contributed by atoms with Gasteiger partial charge in [0.15, 0.2) is 0 Å². The fourth-order valence-electron chi connectivity index (χ4n) is 2.83. The molecular weight excluding hydrogens is 260 g/mol. The van der Waals surface area contributed by atoms with E-state index in [1.807, 2.05) is 19.1 Å². The molecule has 1 atom stereocenters. The van der Waals surface area contributed by atoms with Gasteiger partial charge in [0.1, 0.15) is 12.4 Å². The summed E-state index contributed by atoms with van der Waals surface area (Å²) in [5, 5.41) is 0. The first-order valence-corrected chi connectivity index (χ1v) is 7.65. The molecule has 0 amide bonds. The normalized spacial score (nSPS) is 14.8. The summed E-state index contributed by atoms with van der Waals surface area (Å²) in [7, 11) is 0. The van der Waals surface area contributed by atoms with Crippen LogP contribution in [0.15, 0.2) is 36.5 Å². The quantitative estimate of drug-likeness (QED) is 0.917. The van der Waals surface area contributed by atoms with Crippen LogP contribution in [0.25, 0.3) is 0 Å². The summed E-state index contributed by atoms with van der Waals surface area (Å²) in [5.41, 5.74) is 11.0. The van der Waals surface area contributed by atoms with Crippen molar-refractivity contribution in [2.45, 2.75) is 45.3 Å². The Labute approximate surface area is 126 Å². The molecule has 0 spiro atoms. The third-order valence-corrected chi connectivity index (χ3v) is 3.90. The molecule has 21 heavy (non-hydrogen) atoms. The standard InChI is InChI=1S/C18H22N2O/c1-13(19)9-17-7-8-18(11-20-17)21-12-14-5-6-15-3-2-4-16(15)10-14/h5-8,10-11,13H,2-4,9,12,19H2,1H3. The Bertz CT molecular complexity index is 605. The van der Waals surface area contributed by atoms with Gasteiger partial charge in [-0.2, -0.15) is 0 Å². The molecular formula is C18H22N2O. The number of hydrogen-bond acceptors (Lipinski definition) is 3. The summed E-state index contributed by atoms with van der Waals surface area (Å²) in [6, 6.07) is 10.8. The first-order valence-electron chi connectivity index (χ1n) is 7.65. The van der Waals surface area contributed by atoms with Gasteiger partial charge in [0.25, 0.3) is 0 Å². The van der Waals surface area contributed by atoms with E-state index in [0.29, 0.717) is 6.61 Å². The maximum atomic E-state index is 5.82. The van der Waals surface area contributed by atoms with E-state index in [9.17, 15) is 0 Å². The van der Waals surface area contributed by atoms with Crippen LogP contribution in [0.1, 0.15) is 35.7 Å². The van der Waals surface area contributed by atoms with Gasteiger partial charge in [0, 0.05) is 18.2 Å². The van der Waals surface area contributed by atoms with Crippen LogP contribution >= 0.6 is 0 Å². The lowest BCUT2D eigenvalue weighted by Gasteiger charge is -2.09. The third-order valence-electron chi connectivity index (χ3n) is 3.90. The summed E-state index contributed by atoms with van der Waals surface area (Å²) < 4.78 is 5.82. The summed E-state index contributed by atoms with van der Waals surface area (Å²) >= 11 is 0. The summed E-state index contributed by atoms with van der Waals surface area (Å²) in [6.07, 6.45) is 6.29. The van der Waals surface area contributed by atoms with Gasteiger partial charge in [0.2, 0.25) is 0 Å². The van der Waals surface area contributed by atoms with Crippen LogP contribution in [-0.4, -0.2) is 11.0 Å². The zero-order valence-corrected chi connectivity index (χ0v) is 12.5.